The summed E-state index contributed by atoms with van der Waals surface area (Å²) in [6.45, 7) is 7.28. The van der Waals surface area contributed by atoms with Crippen LogP contribution in [0.5, 0.6) is 0 Å². The smallest absolute Gasteiger partial charge is 0.331 e. The highest BCUT2D eigenvalue weighted by Crippen LogP contribution is 2.24. The molecule has 142 valence electrons. The number of carboxylic acid groups (broad SMARTS) is 1. The number of ether oxygens (including phenoxy) is 1. The Bertz CT molecular complexity index is 514. The zero-order valence-corrected chi connectivity index (χ0v) is 15.5. The van der Waals surface area contributed by atoms with Crippen LogP contribution in [0.3, 0.4) is 0 Å². The molecular weight excluding hydrogens is 324 g/mol. The highest BCUT2D eigenvalue weighted by molar-refractivity contribution is 5.87. The van der Waals surface area contributed by atoms with Gasteiger partial charge in [-0.1, -0.05) is 20.8 Å². The Labute approximate surface area is 149 Å². The molecule has 0 fully saturated rings. The van der Waals surface area contributed by atoms with Crippen molar-refractivity contribution in [2.24, 2.45) is 0 Å². The summed E-state index contributed by atoms with van der Waals surface area (Å²) in [5, 5.41) is 15.1. The molecule has 1 aliphatic rings. The van der Waals surface area contributed by atoms with E-state index in [4.69, 9.17) is 4.74 Å². The molecule has 7 heteroatoms. The van der Waals surface area contributed by atoms with Gasteiger partial charge < -0.3 is 20.5 Å². The zero-order valence-electron chi connectivity index (χ0n) is 15.5. The molecule has 0 radical (unpaired) electrons. The van der Waals surface area contributed by atoms with Crippen LogP contribution in [0.4, 0.5) is 0 Å². The molecule has 1 aliphatic carbocycles. The monoisotopic (exact) mass is 354 g/mol. The van der Waals surface area contributed by atoms with Crippen LogP contribution in [0.2, 0.25) is 0 Å². The van der Waals surface area contributed by atoms with Gasteiger partial charge in [0.05, 0.1) is 24.3 Å². The van der Waals surface area contributed by atoms with Crippen LogP contribution >= 0.6 is 0 Å². The standard InChI is InChI=1S/C18H30N2O5/c1-5-8-16(22)20-14-9-12(18(23)24)10-15(17(14)19-11(4)21)25-13(6-2)7-3/h10,13-15,17H,5-9H2,1-4H3,(H,19,21)(H,20,22)(H,23,24)/t14-,15+,17+/m0/s1. The lowest BCUT2D eigenvalue weighted by Gasteiger charge is -2.38. The third kappa shape index (κ3) is 6.49. The van der Waals surface area contributed by atoms with Crippen molar-refractivity contribution in [3.05, 3.63) is 11.6 Å². The van der Waals surface area contributed by atoms with Crippen LogP contribution in [0.1, 0.15) is 59.8 Å². The van der Waals surface area contributed by atoms with E-state index in [-0.39, 0.29) is 29.9 Å². The lowest BCUT2D eigenvalue weighted by atomic mass is 9.87. The summed E-state index contributed by atoms with van der Waals surface area (Å²) in [4.78, 5) is 35.2. The van der Waals surface area contributed by atoms with E-state index >= 15 is 0 Å². The quantitative estimate of drug-likeness (QED) is 0.585. The van der Waals surface area contributed by atoms with Crippen LogP contribution in [0.15, 0.2) is 11.6 Å². The summed E-state index contributed by atoms with van der Waals surface area (Å²) in [5.74, 6) is -1.44. The van der Waals surface area contributed by atoms with Gasteiger partial charge in [-0.15, -0.1) is 0 Å². The number of hydrogen-bond donors (Lipinski definition) is 3. The summed E-state index contributed by atoms with van der Waals surface area (Å²) in [6, 6.07) is -1.01. The van der Waals surface area contributed by atoms with Crippen LogP contribution < -0.4 is 10.6 Å². The molecule has 0 spiro atoms. The predicted molar refractivity (Wildman–Crippen MR) is 94.0 cm³/mol. The lowest BCUT2D eigenvalue weighted by molar-refractivity contribution is -0.134. The van der Waals surface area contributed by atoms with Crippen LogP contribution in [0, 0.1) is 0 Å². The minimum atomic E-state index is -1.03. The Morgan fingerprint density at radius 2 is 1.88 bits per heavy atom. The highest BCUT2D eigenvalue weighted by atomic mass is 16.5. The molecule has 0 aromatic carbocycles. The van der Waals surface area contributed by atoms with Gasteiger partial charge in [-0.05, 0) is 25.3 Å². The second kappa shape index (κ2) is 10.2. The lowest BCUT2D eigenvalue weighted by Crippen LogP contribution is -2.59. The Kier molecular flexibility index (Phi) is 8.61. The van der Waals surface area contributed by atoms with Crippen molar-refractivity contribution in [2.75, 3.05) is 0 Å². The third-order valence-electron chi connectivity index (χ3n) is 4.32. The molecule has 3 N–H and O–H groups in total. The first-order chi connectivity index (χ1) is 11.8. The van der Waals surface area contributed by atoms with Gasteiger partial charge in [-0.25, -0.2) is 4.79 Å². The van der Waals surface area contributed by atoms with Crippen molar-refractivity contribution >= 4 is 17.8 Å². The van der Waals surface area contributed by atoms with Gasteiger partial charge in [0.2, 0.25) is 11.8 Å². The number of carboxylic acids is 1. The van der Waals surface area contributed by atoms with Crippen molar-refractivity contribution in [1.29, 1.82) is 0 Å². The Morgan fingerprint density at radius 3 is 2.36 bits per heavy atom. The van der Waals surface area contributed by atoms with E-state index in [1.165, 1.54) is 6.92 Å². The summed E-state index contributed by atoms with van der Waals surface area (Å²) in [7, 11) is 0. The number of hydrogen-bond acceptors (Lipinski definition) is 4. The average molecular weight is 354 g/mol. The fourth-order valence-electron chi connectivity index (χ4n) is 3.01. The molecule has 0 aromatic heterocycles. The largest absolute Gasteiger partial charge is 0.478 e. The molecule has 0 unspecified atom stereocenters. The first-order valence-corrected chi connectivity index (χ1v) is 8.98. The maximum Gasteiger partial charge on any atom is 0.331 e. The number of rotatable bonds is 9. The van der Waals surface area contributed by atoms with E-state index in [1.54, 1.807) is 6.08 Å². The van der Waals surface area contributed by atoms with Crippen molar-refractivity contribution in [1.82, 2.24) is 10.6 Å². The Morgan fingerprint density at radius 1 is 1.24 bits per heavy atom. The summed E-state index contributed by atoms with van der Waals surface area (Å²) >= 11 is 0. The molecule has 7 nitrogen and oxygen atoms in total. The van der Waals surface area contributed by atoms with Crippen LogP contribution in [-0.4, -0.2) is 47.2 Å². The van der Waals surface area contributed by atoms with E-state index in [2.05, 4.69) is 10.6 Å². The van der Waals surface area contributed by atoms with Gasteiger partial charge in [-0.2, -0.15) is 0 Å². The first kappa shape index (κ1) is 21.2. The highest BCUT2D eigenvalue weighted by Gasteiger charge is 2.38. The molecule has 0 heterocycles. The van der Waals surface area contributed by atoms with Gasteiger partial charge in [0.1, 0.15) is 0 Å². The number of nitrogens with one attached hydrogen (secondary N) is 2. The molecule has 2 amide bonds. The summed E-state index contributed by atoms with van der Waals surface area (Å²) in [5.41, 5.74) is 0.194. The minimum absolute atomic E-state index is 0.0438. The summed E-state index contributed by atoms with van der Waals surface area (Å²) in [6.07, 6.45) is 3.68. The van der Waals surface area contributed by atoms with Gasteiger partial charge in [-0.3, -0.25) is 9.59 Å². The van der Waals surface area contributed by atoms with E-state index in [9.17, 15) is 19.5 Å². The van der Waals surface area contributed by atoms with Gasteiger partial charge in [0, 0.05) is 25.3 Å². The van der Waals surface area contributed by atoms with Crippen molar-refractivity contribution < 1.29 is 24.2 Å². The predicted octanol–water partition coefficient (Wildman–Crippen LogP) is 1.76. The normalized spacial score (nSPS) is 23.1. The minimum Gasteiger partial charge on any atom is -0.478 e. The molecule has 1 rings (SSSR count). The Hall–Kier alpha value is -1.89. The fourth-order valence-corrected chi connectivity index (χ4v) is 3.01. The molecule has 0 saturated heterocycles. The summed E-state index contributed by atoms with van der Waals surface area (Å²) < 4.78 is 6.05. The van der Waals surface area contributed by atoms with E-state index < -0.39 is 24.2 Å². The maximum atomic E-state index is 12.0. The molecule has 0 bridgehead atoms. The van der Waals surface area contributed by atoms with Crippen molar-refractivity contribution in [2.45, 2.75) is 84.1 Å². The molecular formula is C18H30N2O5. The van der Waals surface area contributed by atoms with E-state index in [1.807, 2.05) is 20.8 Å². The number of aliphatic carboxylic acids is 1. The molecule has 0 aromatic rings. The van der Waals surface area contributed by atoms with Crippen molar-refractivity contribution in [3.63, 3.8) is 0 Å². The molecule has 25 heavy (non-hydrogen) atoms. The topological polar surface area (TPSA) is 105 Å². The van der Waals surface area contributed by atoms with E-state index in [0.717, 1.165) is 12.8 Å². The van der Waals surface area contributed by atoms with Gasteiger partial charge in [0.25, 0.3) is 0 Å². The third-order valence-corrected chi connectivity index (χ3v) is 4.32. The molecule has 0 saturated carbocycles. The number of carbonyl (C=O) groups is 3. The van der Waals surface area contributed by atoms with Gasteiger partial charge >= 0.3 is 5.97 Å². The Balaban J connectivity index is 3.11. The van der Waals surface area contributed by atoms with Crippen LogP contribution in [-0.2, 0) is 19.1 Å². The fraction of sp³-hybridized carbons (Fsp3) is 0.722. The molecule has 0 aliphatic heterocycles. The zero-order chi connectivity index (χ0) is 19.0. The second-order valence-corrected chi connectivity index (χ2v) is 6.39. The maximum absolute atomic E-state index is 12.0. The number of amides is 2. The van der Waals surface area contributed by atoms with Crippen LogP contribution in [0.25, 0.3) is 0 Å². The second-order valence-electron chi connectivity index (χ2n) is 6.39. The van der Waals surface area contributed by atoms with Gasteiger partial charge in [0.15, 0.2) is 0 Å². The molecule has 3 atom stereocenters. The van der Waals surface area contributed by atoms with E-state index in [0.29, 0.717) is 12.8 Å². The first-order valence-electron chi connectivity index (χ1n) is 8.98. The van der Waals surface area contributed by atoms with Crippen molar-refractivity contribution in [3.8, 4) is 0 Å². The SMILES string of the molecule is CCCC(=O)N[C@H]1CC(C(=O)O)=C[C@@H](OC(CC)CC)[C@@H]1NC(C)=O. The average Bonchev–Trinajstić information content (AvgIpc) is 2.54. The number of carbonyl (C=O) groups excluding carboxylic acids is 2.